The number of aromatic nitrogens is 1. The Bertz CT molecular complexity index is 595. The molecule has 5 heteroatoms. The monoisotopic (exact) mass is 290 g/mol. The summed E-state index contributed by atoms with van der Waals surface area (Å²) < 4.78 is 31.8. The van der Waals surface area contributed by atoms with Crippen LogP contribution >= 0.6 is 0 Å². The van der Waals surface area contributed by atoms with Crippen molar-refractivity contribution in [3.8, 4) is 5.75 Å². The predicted octanol–water partition coefficient (Wildman–Crippen LogP) is 3.41. The van der Waals surface area contributed by atoms with Crippen LogP contribution in [0.25, 0.3) is 0 Å². The van der Waals surface area contributed by atoms with E-state index in [4.69, 9.17) is 4.74 Å². The molecule has 1 aliphatic heterocycles. The van der Waals surface area contributed by atoms with Gasteiger partial charge in [-0.2, -0.15) is 4.39 Å². The average Bonchev–Trinajstić information content (AvgIpc) is 2.50. The summed E-state index contributed by atoms with van der Waals surface area (Å²) in [7, 11) is 0. The molecule has 0 saturated carbocycles. The lowest BCUT2D eigenvalue weighted by molar-refractivity contribution is 0.170. The number of anilines is 1. The molecule has 0 aliphatic carbocycles. The van der Waals surface area contributed by atoms with Crippen LogP contribution in [-0.2, 0) is 0 Å². The zero-order chi connectivity index (χ0) is 14.7. The standard InChI is InChI=1S/C16H16F2N2O/c17-12-4-6-13(7-5-12)21-14-8-10-20(11-9-14)16-3-1-2-15(18)19-16/h1-7,14H,8-11H2. The van der Waals surface area contributed by atoms with Crippen LogP contribution in [0.3, 0.4) is 0 Å². The van der Waals surface area contributed by atoms with Crippen molar-refractivity contribution in [2.45, 2.75) is 18.9 Å². The van der Waals surface area contributed by atoms with Crippen molar-refractivity contribution in [1.82, 2.24) is 4.98 Å². The molecule has 0 radical (unpaired) electrons. The Hall–Kier alpha value is -2.17. The van der Waals surface area contributed by atoms with Gasteiger partial charge in [0.1, 0.15) is 23.5 Å². The van der Waals surface area contributed by atoms with Crippen LogP contribution in [0.5, 0.6) is 5.75 Å². The first-order chi connectivity index (χ1) is 10.2. The van der Waals surface area contributed by atoms with E-state index in [1.165, 1.54) is 18.2 Å². The molecule has 0 N–H and O–H groups in total. The Morgan fingerprint density at radius 3 is 2.38 bits per heavy atom. The van der Waals surface area contributed by atoms with E-state index in [0.29, 0.717) is 11.6 Å². The molecule has 21 heavy (non-hydrogen) atoms. The summed E-state index contributed by atoms with van der Waals surface area (Å²) in [5, 5.41) is 0. The van der Waals surface area contributed by atoms with Crippen LogP contribution in [0.4, 0.5) is 14.6 Å². The Morgan fingerprint density at radius 1 is 1.00 bits per heavy atom. The van der Waals surface area contributed by atoms with E-state index in [0.717, 1.165) is 25.9 Å². The van der Waals surface area contributed by atoms with Crippen molar-refractivity contribution in [2.75, 3.05) is 18.0 Å². The molecule has 1 aromatic carbocycles. The molecule has 3 nitrogen and oxygen atoms in total. The molecule has 2 heterocycles. The van der Waals surface area contributed by atoms with Crippen LogP contribution in [0.15, 0.2) is 42.5 Å². The fourth-order valence-electron chi connectivity index (χ4n) is 2.48. The number of rotatable bonds is 3. The minimum absolute atomic E-state index is 0.0975. The molecule has 1 saturated heterocycles. The quantitative estimate of drug-likeness (QED) is 0.810. The van der Waals surface area contributed by atoms with E-state index in [1.54, 1.807) is 18.2 Å². The van der Waals surface area contributed by atoms with Gasteiger partial charge in [-0.15, -0.1) is 0 Å². The first-order valence-electron chi connectivity index (χ1n) is 7.00. The Kier molecular flexibility index (Phi) is 3.99. The molecule has 1 aliphatic rings. The maximum atomic E-state index is 13.1. The van der Waals surface area contributed by atoms with Crippen molar-refractivity contribution >= 4 is 5.82 Å². The number of nitrogens with zero attached hydrogens (tertiary/aromatic N) is 2. The summed E-state index contributed by atoms with van der Waals surface area (Å²) in [6.07, 6.45) is 1.76. The van der Waals surface area contributed by atoms with Gasteiger partial charge in [0.05, 0.1) is 0 Å². The summed E-state index contributed by atoms with van der Waals surface area (Å²) in [6, 6.07) is 10.9. The number of pyridine rings is 1. The highest BCUT2D eigenvalue weighted by Crippen LogP contribution is 2.22. The zero-order valence-corrected chi connectivity index (χ0v) is 11.5. The van der Waals surface area contributed by atoms with Crippen molar-refractivity contribution in [2.24, 2.45) is 0 Å². The van der Waals surface area contributed by atoms with Gasteiger partial charge in [0.15, 0.2) is 0 Å². The van der Waals surface area contributed by atoms with E-state index < -0.39 is 5.95 Å². The highest BCUT2D eigenvalue weighted by atomic mass is 19.1. The molecule has 110 valence electrons. The molecule has 0 amide bonds. The predicted molar refractivity (Wildman–Crippen MR) is 76.5 cm³/mol. The van der Waals surface area contributed by atoms with E-state index in [-0.39, 0.29) is 11.9 Å². The lowest BCUT2D eigenvalue weighted by Gasteiger charge is -2.32. The van der Waals surface area contributed by atoms with Crippen molar-refractivity contribution in [3.05, 3.63) is 54.2 Å². The highest BCUT2D eigenvalue weighted by Gasteiger charge is 2.21. The molecule has 1 fully saturated rings. The first-order valence-corrected chi connectivity index (χ1v) is 7.00. The van der Waals surface area contributed by atoms with Crippen LogP contribution in [0.1, 0.15) is 12.8 Å². The second-order valence-electron chi connectivity index (χ2n) is 5.08. The van der Waals surface area contributed by atoms with Gasteiger partial charge in [0.2, 0.25) is 5.95 Å². The number of hydrogen-bond donors (Lipinski definition) is 0. The number of hydrogen-bond acceptors (Lipinski definition) is 3. The number of halogens is 2. The highest BCUT2D eigenvalue weighted by molar-refractivity contribution is 5.38. The second kappa shape index (κ2) is 6.08. The van der Waals surface area contributed by atoms with Gasteiger partial charge in [0.25, 0.3) is 0 Å². The number of piperidine rings is 1. The third-order valence-electron chi connectivity index (χ3n) is 3.58. The maximum Gasteiger partial charge on any atom is 0.214 e. The van der Waals surface area contributed by atoms with Gasteiger partial charge in [-0.1, -0.05) is 6.07 Å². The SMILES string of the molecule is Fc1ccc(OC2CCN(c3cccc(F)n3)CC2)cc1. The van der Waals surface area contributed by atoms with Crippen LogP contribution < -0.4 is 9.64 Å². The fourth-order valence-corrected chi connectivity index (χ4v) is 2.48. The molecular formula is C16H16F2N2O. The van der Waals surface area contributed by atoms with Crippen LogP contribution in [-0.4, -0.2) is 24.2 Å². The smallest absolute Gasteiger partial charge is 0.214 e. The Morgan fingerprint density at radius 2 is 1.71 bits per heavy atom. The van der Waals surface area contributed by atoms with Gasteiger partial charge in [0, 0.05) is 25.9 Å². The Balaban J connectivity index is 1.56. The van der Waals surface area contributed by atoms with Crippen molar-refractivity contribution in [3.63, 3.8) is 0 Å². The van der Waals surface area contributed by atoms with Gasteiger partial charge in [-0.3, -0.25) is 0 Å². The van der Waals surface area contributed by atoms with Crippen molar-refractivity contribution < 1.29 is 13.5 Å². The third kappa shape index (κ3) is 3.48. The normalized spacial score (nSPS) is 16.0. The third-order valence-corrected chi connectivity index (χ3v) is 3.58. The molecule has 0 unspecified atom stereocenters. The summed E-state index contributed by atoms with van der Waals surface area (Å²) in [4.78, 5) is 5.94. The molecule has 0 atom stereocenters. The molecule has 1 aromatic heterocycles. The van der Waals surface area contributed by atoms with E-state index in [2.05, 4.69) is 4.98 Å². The van der Waals surface area contributed by atoms with Crippen LogP contribution in [0.2, 0.25) is 0 Å². The summed E-state index contributed by atoms with van der Waals surface area (Å²) in [6.45, 7) is 1.53. The van der Waals surface area contributed by atoms with E-state index in [1.807, 2.05) is 11.0 Å². The Labute approximate surface area is 122 Å². The van der Waals surface area contributed by atoms with Gasteiger partial charge in [-0.25, -0.2) is 9.37 Å². The van der Waals surface area contributed by atoms with Gasteiger partial charge >= 0.3 is 0 Å². The molecule has 0 spiro atoms. The molecular weight excluding hydrogens is 274 g/mol. The first kappa shape index (κ1) is 13.8. The number of benzene rings is 1. The summed E-state index contributed by atoms with van der Waals surface area (Å²) in [5.74, 6) is 0.612. The number of ether oxygens (including phenoxy) is 1. The second-order valence-corrected chi connectivity index (χ2v) is 5.08. The molecule has 0 bridgehead atoms. The summed E-state index contributed by atoms with van der Waals surface area (Å²) >= 11 is 0. The van der Waals surface area contributed by atoms with E-state index >= 15 is 0 Å². The lowest BCUT2D eigenvalue weighted by atomic mass is 10.1. The minimum atomic E-state index is -0.461. The molecule has 3 rings (SSSR count). The minimum Gasteiger partial charge on any atom is -0.490 e. The maximum absolute atomic E-state index is 13.1. The summed E-state index contributed by atoms with van der Waals surface area (Å²) in [5.41, 5.74) is 0. The fraction of sp³-hybridized carbons (Fsp3) is 0.312. The van der Waals surface area contributed by atoms with E-state index in [9.17, 15) is 8.78 Å². The zero-order valence-electron chi connectivity index (χ0n) is 11.5. The largest absolute Gasteiger partial charge is 0.490 e. The van der Waals surface area contributed by atoms with Gasteiger partial charge in [-0.05, 0) is 36.4 Å². The molecule has 2 aromatic rings. The van der Waals surface area contributed by atoms with Crippen LogP contribution in [0, 0.1) is 11.8 Å². The average molecular weight is 290 g/mol. The van der Waals surface area contributed by atoms with Gasteiger partial charge < -0.3 is 9.64 Å². The van der Waals surface area contributed by atoms with Crippen molar-refractivity contribution in [1.29, 1.82) is 0 Å². The lowest BCUT2D eigenvalue weighted by Crippen LogP contribution is -2.38. The topological polar surface area (TPSA) is 25.4 Å².